The summed E-state index contributed by atoms with van der Waals surface area (Å²) in [5.74, 6) is -0.955. The lowest BCUT2D eigenvalue weighted by Gasteiger charge is -2.13. The van der Waals surface area contributed by atoms with Gasteiger partial charge in [0, 0.05) is 22.0 Å². The van der Waals surface area contributed by atoms with Crippen LogP contribution in [0, 0.1) is 0 Å². The average molecular weight is 450 g/mol. The van der Waals surface area contributed by atoms with Crippen LogP contribution in [0.5, 0.6) is 0 Å². The molecule has 0 unspecified atom stereocenters. The zero-order valence-electron chi connectivity index (χ0n) is 11.4. The molecule has 1 heterocycles. The minimum Gasteiger partial charge on any atom is -0.478 e. The first-order chi connectivity index (χ1) is 10.4. The number of hydrogen-bond acceptors (Lipinski definition) is 2. The van der Waals surface area contributed by atoms with Gasteiger partial charge < -0.3 is 9.67 Å². The fourth-order valence-electron chi connectivity index (χ4n) is 2.06. The van der Waals surface area contributed by atoms with E-state index < -0.39 is 5.97 Å². The highest BCUT2D eigenvalue weighted by molar-refractivity contribution is 9.10. The molecule has 0 aliphatic rings. The van der Waals surface area contributed by atoms with Crippen molar-refractivity contribution in [2.45, 2.75) is 18.3 Å². The SMILES string of the molecule is O=C(O)c1ccc(CCn2c(CBr)c(Br)cc(Cl)c2=O)cc1. The molecule has 2 aromatic rings. The van der Waals surface area contributed by atoms with Gasteiger partial charge in [0.2, 0.25) is 0 Å². The summed E-state index contributed by atoms with van der Waals surface area (Å²) in [6.45, 7) is 0.464. The maximum atomic E-state index is 12.2. The third-order valence-electron chi connectivity index (χ3n) is 3.26. The van der Waals surface area contributed by atoms with Crippen molar-refractivity contribution >= 4 is 49.4 Å². The quantitative estimate of drug-likeness (QED) is 0.700. The highest BCUT2D eigenvalue weighted by atomic mass is 79.9. The summed E-state index contributed by atoms with van der Waals surface area (Å²) in [4.78, 5) is 23.0. The zero-order chi connectivity index (χ0) is 16.3. The molecule has 0 atom stereocenters. The monoisotopic (exact) mass is 447 g/mol. The number of carbonyl (C=O) groups is 1. The molecule has 2 rings (SSSR count). The molecular formula is C15H12Br2ClNO3. The molecule has 0 bridgehead atoms. The molecule has 0 radical (unpaired) electrons. The molecule has 0 spiro atoms. The molecule has 4 nitrogen and oxygen atoms in total. The largest absolute Gasteiger partial charge is 0.478 e. The second-order valence-corrected chi connectivity index (χ2v) is 6.45. The van der Waals surface area contributed by atoms with E-state index in [2.05, 4.69) is 31.9 Å². The van der Waals surface area contributed by atoms with Gasteiger partial charge in [0.05, 0.1) is 5.56 Å². The highest BCUT2D eigenvalue weighted by Crippen LogP contribution is 2.21. The minimum absolute atomic E-state index is 0.165. The standard InChI is InChI=1S/C15H12Br2ClNO3/c16-8-13-11(17)7-12(18)14(20)19(13)6-5-9-1-3-10(4-2-9)15(21)22/h1-4,7H,5-6,8H2,(H,21,22). The number of rotatable bonds is 5. The van der Waals surface area contributed by atoms with Gasteiger partial charge in [-0.1, -0.05) is 39.7 Å². The molecule has 0 aliphatic heterocycles. The lowest BCUT2D eigenvalue weighted by molar-refractivity contribution is 0.0697. The average Bonchev–Trinajstić information content (AvgIpc) is 2.49. The number of pyridine rings is 1. The number of aromatic carboxylic acids is 1. The van der Waals surface area contributed by atoms with Gasteiger partial charge in [-0.05, 0) is 46.1 Å². The first-order valence-corrected chi connectivity index (χ1v) is 8.69. The van der Waals surface area contributed by atoms with Crippen molar-refractivity contribution in [2.24, 2.45) is 0 Å². The van der Waals surface area contributed by atoms with Crippen LogP contribution in [0.3, 0.4) is 0 Å². The number of aryl methyl sites for hydroxylation is 1. The Kier molecular flexibility index (Phi) is 5.83. The van der Waals surface area contributed by atoms with Crippen LogP contribution in [0.2, 0.25) is 5.02 Å². The van der Waals surface area contributed by atoms with E-state index in [1.54, 1.807) is 34.9 Å². The van der Waals surface area contributed by atoms with Crippen molar-refractivity contribution in [1.82, 2.24) is 4.57 Å². The van der Waals surface area contributed by atoms with E-state index >= 15 is 0 Å². The van der Waals surface area contributed by atoms with E-state index in [-0.39, 0.29) is 16.1 Å². The summed E-state index contributed by atoms with van der Waals surface area (Å²) < 4.78 is 2.39. The predicted octanol–water partition coefficient (Wildman–Crippen LogP) is 4.10. The van der Waals surface area contributed by atoms with E-state index in [1.807, 2.05) is 0 Å². The topological polar surface area (TPSA) is 59.3 Å². The van der Waals surface area contributed by atoms with Crippen molar-refractivity contribution in [2.75, 3.05) is 0 Å². The minimum atomic E-state index is -0.955. The number of hydrogen-bond donors (Lipinski definition) is 1. The van der Waals surface area contributed by atoms with E-state index in [4.69, 9.17) is 16.7 Å². The molecule has 7 heteroatoms. The third-order valence-corrected chi connectivity index (χ3v) is 4.74. The van der Waals surface area contributed by atoms with Crippen molar-refractivity contribution in [3.05, 3.63) is 67.0 Å². The molecule has 0 saturated carbocycles. The van der Waals surface area contributed by atoms with Crippen LogP contribution in [0.4, 0.5) is 0 Å². The second-order valence-electron chi connectivity index (χ2n) is 4.63. The lowest BCUT2D eigenvalue weighted by Crippen LogP contribution is -2.25. The Morgan fingerprint density at radius 1 is 1.27 bits per heavy atom. The van der Waals surface area contributed by atoms with Crippen molar-refractivity contribution in [3.8, 4) is 0 Å². The summed E-state index contributed by atoms with van der Waals surface area (Å²) >= 11 is 12.7. The maximum Gasteiger partial charge on any atom is 0.335 e. The van der Waals surface area contributed by atoms with E-state index in [1.165, 1.54) is 0 Å². The Hall–Kier alpha value is -1.11. The number of nitrogens with zero attached hydrogens (tertiary/aromatic N) is 1. The molecular weight excluding hydrogens is 437 g/mol. The fraction of sp³-hybridized carbons (Fsp3) is 0.200. The van der Waals surface area contributed by atoms with E-state index in [0.29, 0.717) is 18.3 Å². The summed E-state index contributed by atoms with van der Waals surface area (Å²) in [6, 6.07) is 8.21. The molecule has 1 aromatic carbocycles. The van der Waals surface area contributed by atoms with Crippen LogP contribution in [0.15, 0.2) is 39.6 Å². The van der Waals surface area contributed by atoms with Gasteiger partial charge in [-0.2, -0.15) is 0 Å². The van der Waals surface area contributed by atoms with Gasteiger partial charge in [0.1, 0.15) is 5.02 Å². The van der Waals surface area contributed by atoms with E-state index in [9.17, 15) is 9.59 Å². The number of alkyl halides is 1. The normalized spacial score (nSPS) is 10.7. The summed E-state index contributed by atoms with van der Waals surface area (Å²) in [5.41, 5.74) is 1.78. The number of aromatic nitrogens is 1. The van der Waals surface area contributed by atoms with Crippen LogP contribution < -0.4 is 5.56 Å². The summed E-state index contributed by atoms with van der Waals surface area (Å²) in [6.07, 6.45) is 0.604. The zero-order valence-corrected chi connectivity index (χ0v) is 15.3. The first kappa shape index (κ1) is 17.2. The van der Waals surface area contributed by atoms with Crippen LogP contribution in [0.25, 0.3) is 0 Å². The highest BCUT2D eigenvalue weighted by Gasteiger charge is 2.11. The van der Waals surface area contributed by atoms with E-state index in [0.717, 1.165) is 15.7 Å². The molecule has 0 saturated heterocycles. The fourth-order valence-corrected chi connectivity index (χ4v) is 3.97. The second kappa shape index (κ2) is 7.44. The molecule has 0 aliphatic carbocycles. The van der Waals surface area contributed by atoms with Crippen LogP contribution >= 0.6 is 43.5 Å². The number of halogens is 3. The summed E-state index contributed by atoms with van der Waals surface area (Å²) in [7, 11) is 0. The van der Waals surface area contributed by atoms with Gasteiger partial charge >= 0.3 is 5.97 Å². The Labute approximate surface area is 149 Å². The first-order valence-electron chi connectivity index (χ1n) is 6.40. The molecule has 1 aromatic heterocycles. The molecule has 0 fully saturated rings. The van der Waals surface area contributed by atoms with Crippen LogP contribution in [0.1, 0.15) is 21.6 Å². The molecule has 1 N–H and O–H groups in total. The van der Waals surface area contributed by atoms with Crippen molar-refractivity contribution in [3.63, 3.8) is 0 Å². The van der Waals surface area contributed by atoms with Crippen LogP contribution in [-0.4, -0.2) is 15.6 Å². The smallest absolute Gasteiger partial charge is 0.335 e. The number of benzene rings is 1. The lowest BCUT2D eigenvalue weighted by atomic mass is 10.1. The van der Waals surface area contributed by atoms with Crippen molar-refractivity contribution in [1.29, 1.82) is 0 Å². The van der Waals surface area contributed by atoms with Crippen LogP contribution in [-0.2, 0) is 18.3 Å². The number of carboxylic acids is 1. The molecule has 22 heavy (non-hydrogen) atoms. The Balaban J connectivity index is 2.24. The molecule has 116 valence electrons. The number of carboxylic acid groups (broad SMARTS) is 1. The third kappa shape index (κ3) is 3.80. The Morgan fingerprint density at radius 3 is 2.45 bits per heavy atom. The van der Waals surface area contributed by atoms with Gasteiger partial charge in [-0.25, -0.2) is 4.79 Å². The molecule has 0 amide bonds. The summed E-state index contributed by atoms with van der Waals surface area (Å²) in [5, 5.41) is 9.57. The Morgan fingerprint density at radius 2 is 1.91 bits per heavy atom. The predicted molar refractivity (Wildman–Crippen MR) is 93.1 cm³/mol. The van der Waals surface area contributed by atoms with Gasteiger partial charge in [-0.15, -0.1) is 0 Å². The van der Waals surface area contributed by atoms with Gasteiger partial charge in [0.25, 0.3) is 5.56 Å². The maximum absolute atomic E-state index is 12.2. The van der Waals surface area contributed by atoms with Gasteiger partial charge in [0.15, 0.2) is 0 Å². The van der Waals surface area contributed by atoms with Gasteiger partial charge in [-0.3, -0.25) is 4.79 Å². The van der Waals surface area contributed by atoms with Crippen molar-refractivity contribution < 1.29 is 9.90 Å². The Bertz CT molecular complexity index is 757.